The summed E-state index contributed by atoms with van der Waals surface area (Å²) >= 11 is 12.4. The van der Waals surface area contributed by atoms with Crippen molar-refractivity contribution in [2.24, 2.45) is 0 Å². The summed E-state index contributed by atoms with van der Waals surface area (Å²) in [5.74, 6) is 0. The van der Waals surface area contributed by atoms with Gasteiger partial charge in [0.15, 0.2) is 0 Å². The van der Waals surface area contributed by atoms with Gasteiger partial charge in [-0.2, -0.15) is 5.10 Å². The Kier molecular flexibility index (Phi) is 5.54. The fourth-order valence-electron chi connectivity index (χ4n) is 2.31. The second kappa shape index (κ2) is 7.19. The van der Waals surface area contributed by atoms with E-state index < -0.39 is 0 Å². The van der Waals surface area contributed by atoms with Crippen molar-refractivity contribution in [3.05, 3.63) is 45.7 Å². The van der Waals surface area contributed by atoms with Gasteiger partial charge in [-0.15, -0.1) is 0 Å². The van der Waals surface area contributed by atoms with Crippen LogP contribution in [-0.4, -0.2) is 9.78 Å². The van der Waals surface area contributed by atoms with Crippen molar-refractivity contribution < 1.29 is 0 Å². The van der Waals surface area contributed by atoms with Crippen LogP contribution in [0.5, 0.6) is 0 Å². The van der Waals surface area contributed by atoms with Crippen LogP contribution in [0.3, 0.4) is 0 Å². The largest absolute Gasteiger partial charge is 0.378 e. The van der Waals surface area contributed by atoms with Crippen LogP contribution in [0.1, 0.15) is 44.0 Å². The Hall–Kier alpha value is -1.19. The van der Waals surface area contributed by atoms with Crippen LogP contribution < -0.4 is 5.32 Å². The van der Waals surface area contributed by atoms with E-state index >= 15 is 0 Å². The quantitative estimate of drug-likeness (QED) is 0.762. The summed E-state index contributed by atoms with van der Waals surface area (Å²) in [5.41, 5.74) is 2.81. The van der Waals surface area contributed by atoms with Gasteiger partial charge in [0.05, 0.1) is 29.0 Å². The number of hydrogen-bond acceptors (Lipinski definition) is 2. The summed E-state index contributed by atoms with van der Waals surface area (Å²) in [4.78, 5) is 0. The number of anilines is 1. The third-order valence-corrected chi connectivity index (χ3v) is 4.41. The zero-order valence-electron chi connectivity index (χ0n) is 12.7. The topological polar surface area (TPSA) is 29.9 Å². The highest BCUT2D eigenvalue weighted by atomic mass is 35.5. The molecule has 0 aliphatic heterocycles. The zero-order chi connectivity index (χ0) is 15.4. The summed E-state index contributed by atoms with van der Waals surface area (Å²) in [5, 5.41) is 9.30. The smallest absolute Gasteiger partial charge is 0.0815 e. The van der Waals surface area contributed by atoms with Gasteiger partial charge in [-0.1, -0.05) is 37.0 Å². The molecule has 0 amide bonds. The van der Waals surface area contributed by atoms with E-state index in [-0.39, 0.29) is 0 Å². The zero-order valence-corrected chi connectivity index (χ0v) is 14.2. The van der Waals surface area contributed by atoms with Gasteiger partial charge in [-0.05, 0) is 43.5 Å². The molecule has 114 valence electrons. The van der Waals surface area contributed by atoms with Crippen LogP contribution >= 0.6 is 23.2 Å². The summed E-state index contributed by atoms with van der Waals surface area (Å²) in [6.45, 7) is 6.94. The number of benzene rings is 1. The Balaban J connectivity index is 2.05. The molecule has 3 nitrogen and oxygen atoms in total. The van der Waals surface area contributed by atoms with Crippen molar-refractivity contribution in [1.29, 1.82) is 0 Å². The Labute approximate surface area is 136 Å². The minimum Gasteiger partial charge on any atom is -0.378 e. The molecule has 0 radical (unpaired) electrons. The number of aromatic nitrogens is 2. The SMILES string of the molecule is CCC(CC)n1ccc(CNc2cc(Cl)c(C)cc2Cl)n1. The Morgan fingerprint density at radius 2 is 1.90 bits per heavy atom. The molecule has 1 N–H and O–H groups in total. The fourth-order valence-corrected chi connectivity index (χ4v) is 2.75. The van der Waals surface area contributed by atoms with Crippen LogP contribution in [0.2, 0.25) is 10.0 Å². The third kappa shape index (κ3) is 3.92. The highest BCUT2D eigenvalue weighted by molar-refractivity contribution is 6.35. The molecule has 0 atom stereocenters. The number of halogens is 2. The van der Waals surface area contributed by atoms with Gasteiger partial charge >= 0.3 is 0 Å². The summed E-state index contributed by atoms with van der Waals surface area (Å²) in [7, 11) is 0. The van der Waals surface area contributed by atoms with E-state index in [4.69, 9.17) is 23.2 Å². The highest BCUT2D eigenvalue weighted by Gasteiger charge is 2.09. The molecule has 1 aromatic heterocycles. The molecule has 2 aromatic rings. The van der Waals surface area contributed by atoms with E-state index in [9.17, 15) is 0 Å². The molecular weight excluding hydrogens is 305 g/mol. The molecule has 0 fully saturated rings. The number of hydrogen-bond donors (Lipinski definition) is 1. The van der Waals surface area contributed by atoms with E-state index in [1.165, 1.54) is 0 Å². The van der Waals surface area contributed by atoms with E-state index in [1.807, 2.05) is 36.0 Å². The first kappa shape index (κ1) is 16.2. The van der Waals surface area contributed by atoms with E-state index in [0.717, 1.165) is 29.8 Å². The van der Waals surface area contributed by atoms with Gasteiger partial charge < -0.3 is 5.32 Å². The Morgan fingerprint density at radius 3 is 2.57 bits per heavy atom. The van der Waals surface area contributed by atoms with Crippen molar-refractivity contribution in [2.75, 3.05) is 5.32 Å². The van der Waals surface area contributed by atoms with Crippen LogP contribution in [-0.2, 0) is 6.54 Å². The number of aryl methyl sites for hydroxylation is 1. The first-order chi connectivity index (χ1) is 10.0. The first-order valence-electron chi connectivity index (χ1n) is 7.28. The molecule has 0 bridgehead atoms. The van der Waals surface area contributed by atoms with Crippen LogP contribution in [0, 0.1) is 6.92 Å². The Morgan fingerprint density at radius 1 is 1.19 bits per heavy atom. The summed E-state index contributed by atoms with van der Waals surface area (Å²) in [6.07, 6.45) is 4.22. The van der Waals surface area contributed by atoms with Crippen LogP contribution in [0.25, 0.3) is 0 Å². The molecule has 0 spiro atoms. The van der Waals surface area contributed by atoms with Gasteiger partial charge in [0.25, 0.3) is 0 Å². The lowest BCUT2D eigenvalue weighted by molar-refractivity contribution is 0.426. The van der Waals surface area contributed by atoms with Gasteiger partial charge in [-0.25, -0.2) is 0 Å². The van der Waals surface area contributed by atoms with Crippen LogP contribution in [0.15, 0.2) is 24.4 Å². The van der Waals surface area contributed by atoms with E-state index in [0.29, 0.717) is 22.6 Å². The molecule has 5 heteroatoms. The van der Waals surface area contributed by atoms with Crippen LogP contribution in [0.4, 0.5) is 5.69 Å². The fraction of sp³-hybridized carbons (Fsp3) is 0.438. The molecule has 0 unspecified atom stereocenters. The van der Waals surface area contributed by atoms with Crippen molar-refractivity contribution in [3.8, 4) is 0 Å². The first-order valence-corrected chi connectivity index (χ1v) is 8.04. The van der Waals surface area contributed by atoms with Gasteiger partial charge in [-0.3, -0.25) is 4.68 Å². The number of nitrogens with one attached hydrogen (secondary N) is 1. The molecule has 1 aromatic carbocycles. The van der Waals surface area contributed by atoms with E-state index in [2.05, 4.69) is 24.3 Å². The second-order valence-corrected chi connectivity index (χ2v) is 6.01. The number of rotatable bonds is 6. The van der Waals surface area contributed by atoms with Gasteiger partial charge in [0.1, 0.15) is 0 Å². The average molecular weight is 326 g/mol. The summed E-state index contributed by atoms with van der Waals surface area (Å²) in [6, 6.07) is 6.23. The number of nitrogens with zero attached hydrogens (tertiary/aromatic N) is 2. The molecule has 0 aliphatic rings. The van der Waals surface area contributed by atoms with Crippen molar-refractivity contribution in [3.63, 3.8) is 0 Å². The summed E-state index contributed by atoms with van der Waals surface area (Å²) < 4.78 is 2.04. The maximum Gasteiger partial charge on any atom is 0.0815 e. The Bertz CT molecular complexity index is 604. The maximum absolute atomic E-state index is 6.22. The van der Waals surface area contributed by atoms with E-state index in [1.54, 1.807) is 0 Å². The average Bonchev–Trinajstić information content (AvgIpc) is 2.91. The monoisotopic (exact) mass is 325 g/mol. The second-order valence-electron chi connectivity index (χ2n) is 5.19. The lowest BCUT2D eigenvalue weighted by Crippen LogP contribution is -2.09. The predicted molar refractivity (Wildman–Crippen MR) is 90.4 cm³/mol. The molecule has 0 saturated heterocycles. The molecule has 0 saturated carbocycles. The highest BCUT2D eigenvalue weighted by Crippen LogP contribution is 2.29. The minimum atomic E-state index is 0.469. The minimum absolute atomic E-state index is 0.469. The van der Waals surface area contributed by atoms with Crippen molar-refractivity contribution in [2.45, 2.75) is 46.2 Å². The van der Waals surface area contributed by atoms with Crippen molar-refractivity contribution in [1.82, 2.24) is 9.78 Å². The van der Waals surface area contributed by atoms with Crippen molar-refractivity contribution >= 4 is 28.9 Å². The lowest BCUT2D eigenvalue weighted by Gasteiger charge is -2.12. The standard InChI is InChI=1S/C16H21Cl2N3/c1-4-13(5-2)21-7-6-12(20-21)10-19-16-9-14(17)11(3)8-15(16)18/h6-9,13,19H,4-5,10H2,1-3H3. The maximum atomic E-state index is 6.22. The normalized spacial score (nSPS) is 11.1. The third-order valence-electron chi connectivity index (χ3n) is 3.69. The predicted octanol–water partition coefficient (Wildman–Crippen LogP) is 5.47. The van der Waals surface area contributed by atoms with Gasteiger partial charge in [0.2, 0.25) is 0 Å². The molecule has 2 rings (SSSR count). The molecular formula is C16H21Cl2N3. The molecule has 0 aliphatic carbocycles. The lowest BCUT2D eigenvalue weighted by atomic mass is 10.2. The molecule has 21 heavy (non-hydrogen) atoms. The van der Waals surface area contributed by atoms with Gasteiger partial charge in [0, 0.05) is 11.2 Å². The molecule has 1 heterocycles.